The topological polar surface area (TPSA) is 15.3 Å². The summed E-state index contributed by atoms with van der Waals surface area (Å²) >= 11 is 0. The summed E-state index contributed by atoms with van der Waals surface area (Å²) in [4.78, 5) is 2.08. The van der Waals surface area contributed by atoms with Crippen LogP contribution in [0.4, 0.5) is 17.6 Å². The number of nitrogens with zero attached hydrogens (tertiary/aromatic N) is 1. The first-order valence-electron chi connectivity index (χ1n) is 7.24. The molecule has 0 bridgehead atoms. The Morgan fingerprint density at radius 1 is 1.27 bits per heavy atom. The molecule has 0 unspecified atom stereocenters. The van der Waals surface area contributed by atoms with Crippen LogP contribution in [0, 0.1) is 5.82 Å². The Morgan fingerprint density at radius 3 is 2.45 bits per heavy atom. The van der Waals surface area contributed by atoms with Gasteiger partial charge >= 0.3 is 6.18 Å². The lowest BCUT2D eigenvalue weighted by Gasteiger charge is -2.35. The number of hydrogen-bond donors (Lipinski definition) is 1. The van der Waals surface area contributed by atoms with E-state index in [0.717, 1.165) is 37.8 Å². The lowest BCUT2D eigenvalue weighted by molar-refractivity contribution is -0.137. The van der Waals surface area contributed by atoms with Crippen molar-refractivity contribution in [2.45, 2.75) is 25.6 Å². The molecule has 1 aromatic rings. The van der Waals surface area contributed by atoms with Crippen LogP contribution in [0.1, 0.15) is 30.5 Å². The predicted molar refractivity (Wildman–Crippen MR) is 78.0 cm³/mol. The molecular formula is C16H20F4N2. The van der Waals surface area contributed by atoms with E-state index in [1.54, 1.807) is 0 Å². The van der Waals surface area contributed by atoms with Crippen molar-refractivity contribution in [2.75, 3.05) is 26.2 Å². The van der Waals surface area contributed by atoms with Gasteiger partial charge in [-0.25, -0.2) is 4.39 Å². The van der Waals surface area contributed by atoms with E-state index >= 15 is 0 Å². The number of alkyl halides is 3. The van der Waals surface area contributed by atoms with Gasteiger partial charge in [0.25, 0.3) is 0 Å². The Labute approximate surface area is 127 Å². The molecule has 0 radical (unpaired) electrons. The number of benzene rings is 1. The molecule has 1 aromatic carbocycles. The molecule has 0 aliphatic carbocycles. The van der Waals surface area contributed by atoms with Gasteiger partial charge in [0.1, 0.15) is 5.82 Å². The molecule has 22 heavy (non-hydrogen) atoms. The largest absolute Gasteiger partial charge is 0.416 e. The maximum Gasteiger partial charge on any atom is 0.416 e. The molecule has 1 saturated heterocycles. The molecule has 1 atom stereocenters. The molecule has 122 valence electrons. The zero-order valence-electron chi connectivity index (χ0n) is 12.5. The van der Waals surface area contributed by atoms with Gasteiger partial charge < -0.3 is 5.32 Å². The second-order valence-corrected chi connectivity index (χ2v) is 5.73. The van der Waals surface area contributed by atoms with Crippen LogP contribution in [-0.2, 0) is 6.18 Å². The Bertz CT molecular complexity index is 533. The maximum atomic E-state index is 13.7. The van der Waals surface area contributed by atoms with Crippen molar-refractivity contribution >= 4 is 0 Å². The molecule has 2 rings (SSSR count). The first-order valence-corrected chi connectivity index (χ1v) is 7.24. The smallest absolute Gasteiger partial charge is 0.314 e. The fourth-order valence-electron chi connectivity index (χ4n) is 2.75. The Hall–Kier alpha value is -1.40. The maximum absolute atomic E-state index is 13.7. The standard InChI is InChI=1S/C16H20F4N2/c1-11(2)7-15(22-5-3-21-4-6-22)12-8-13(16(18,19)20)10-14(17)9-12/h8-10,15,21H,1,3-7H2,2H3/t15-/m1/s1. The summed E-state index contributed by atoms with van der Waals surface area (Å²) < 4.78 is 52.4. The van der Waals surface area contributed by atoms with Crippen molar-refractivity contribution in [1.29, 1.82) is 0 Å². The van der Waals surface area contributed by atoms with Crippen LogP contribution in [0.5, 0.6) is 0 Å². The van der Waals surface area contributed by atoms with Gasteiger partial charge in [0, 0.05) is 32.2 Å². The monoisotopic (exact) mass is 316 g/mol. The van der Waals surface area contributed by atoms with Gasteiger partial charge in [-0.1, -0.05) is 5.57 Å². The van der Waals surface area contributed by atoms with Crippen molar-refractivity contribution in [3.63, 3.8) is 0 Å². The SMILES string of the molecule is C=C(C)C[C@H](c1cc(F)cc(C(F)(F)F)c1)N1CCNCC1. The van der Waals surface area contributed by atoms with E-state index in [4.69, 9.17) is 0 Å². The summed E-state index contributed by atoms with van der Waals surface area (Å²) in [6, 6.07) is 2.51. The fourth-order valence-corrected chi connectivity index (χ4v) is 2.75. The van der Waals surface area contributed by atoms with Crippen LogP contribution in [-0.4, -0.2) is 31.1 Å². The Balaban J connectivity index is 2.37. The second kappa shape index (κ2) is 6.79. The molecule has 6 heteroatoms. The van der Waals surface area contributed by atoms with E-state index in [9.17, 15) is 17.6 Å². The summed E-state index contributed by atoms with van der Waals surface area (Å²) in [5, 5.41) is 3.20. The highest BCUT2D eigenvalue weighted by atomic mass is 19.4. The third-order valence-electron chi connectivity index (χ3n) is 3.77. The molecule has 2 nitrogen and oxygen atoms in total. The normalized spacial score (nSPS) is 18.2. The highest BCUT2D eigenvalue weighted by molar-refractivity contribution is 5.30. The molecule has 0 saturated carbocycles. The van der Waals surface area contributed by atoms with E-state index in [0.29, 0.717) is 18.1 Å². The first kappa shape index (κ1) is 17.0. The third-order valence-corrected chi connectivity index (χ3v) is 3.77. The number of halogens is 4. The average molecular weight is 316 g/mol. The number of nitrogens with one attached hydrogen (secondary N) is 1. The van der Waals surface area contributed by atoms with E-state index in [1.807, 2.05) is 6.92 Å². The van der Waals surface area contributed by atoms with Gasteiger partial charge in [0.2, 0.25) is 0 Å². The minimum absolute atomic E-state index is 0.281. The summed E-state index contributed by atoms with van der Waals surface area (Å²) in [6.45, 7) is 8.66. The zero-order chi connectivity index (χ0) is 16.3. The van der Waals surface area contributed by atoms with Gasteiger partial charge in [-0.2, -0.15) is 13.2 Å². The molecule has 1 heterocycles. The third kappa shape index (κ3) is 4.30. The van der Waals surface area contributed by atoms with Crippen LogP contribution in [0.3, 0.4) is 0 Å². The first-order chi connectivity index (χ1) is 10.3. The lowest BCUT2D eigenvalue weighted by Crippen LogP contribution is -2.45. The summed E-state index contributed by atoms with van der Waals surface area (Å²) in [7, 11) is 0. The van der Waals surface area contributed by atoms with Crippen LogP contribution in [0.15, 0.2) is 30.4 Å². The van der Waals surface area contributed by atoms with Gasteiger partial charge in [0.15, 0.2) is 0 Å². The van der Waals surface area contributed by atoms with Crippen molar-refractivity contribution in [2.24, 2.45) is 0 Å². The second-order valence-electron chi connectivity index (χ2n) is 5.73. The van der Waals surface area contributed by atoms with Gasteiger partial charge in [-0.05, 0) is 37.1 Å². The quantitative estimate of drug-likeness (QED) is 0.672. The van der Waals surface area contributed by atoms with Gasteiger partial charge in [-0.15, -0.1) is 6.58 Å². The molecule has 1 aliphatic heterocycles. The average Bonchev–Trinajstić information content (AvgIpc) is 2.44. The highest BCUT2D eigenvalue weighted by Gasteiger charge is 2.33. The predicted octanol–water partition coefficient (Wildman–Crippen LogP) is 3.76. The highest BCUT2D eigenvalue weighted by Crippen LogP contribution is 2.34. The van der Waals surface area contributed by atoms with Gasteiger partial charge in [0.05, 0.1) is 5.56 Å². The molecule has 1 N–H and O–H groups in total. The van der Waals surface area contributed by atoms with E-state index < -0.39 is 17.6 Å². The minimum Gasteiger partial charge on any atom is -0.314 e. The minimum atomic E-state index is -4.55. The van der Waals surface area contributed by atoms with Crippen LogP contribution < -0.4 is 5.32 Å². The van der Waals surface area contributed by atoms with Crippen LogP contribution >= 0.6 is 0 Å². The van der Waals surface area contributed by atoms with E-state index in [1.165, 1.54) is 6.07 Å². The molecule has 0 spiro atoms. The lowest BCUT2D eigenvalue weighted by atomic mass is 9.96. The summed E-state index contributed by atoms with van der Waals surface area (Å²) in [5.74, 6) is -0.855. The van der Waals surface area contributed by atoms with Crippen LogP contribution in [0.2, 0.25) is 0 Å². The molecule has 0 aromatic heterocycles. The fraction of sp³-hybridized carbons (Fsp3) is 0.500. The molecule has 1 fully saturated rings. The molecular weight excluding hydrogens is 296 g/mol. The number of piperazine rings is 1. The van der Waals surface area contributed by atoms with Crippen molar-refractivity contribution in [3.05, 3.63) is 47.3 Å². The van der Waals surface area contributed by atoms with E-state index in [2.05, 4.69) is 16.8 Å². The Morgan fingerprint density at radius 2 is 1.91 bits per heavy atom. The summed E-state index contributed by atoms with van der Waals surface area (Å²) in [5.41, 5.74) is 0.280. The van der Waals surface area contributed by atoms with E-state index in [-0.39, 0.29) is 6.04 Å². The molecule has 1 aliphatic rings. The molecule has 0 amide bonds. The van der Waals surface area contributed by atoms with Crippen molar-refractivity contribution in [3.8, 4) is 0 Å². The Kier molecular flexibility index (Phi) is 5.24. The van der Waals surface area contributed by atoms with Crippen molar-refractivity contribution < 1.29 is 17.6 Å². The number of hydrogen-bond acceptors (Lipinski definition) is 2. The van der Waals surface area contributed by atoms with Crippen molar-refractivity contribution in [1.82, 2.24) is 10.2 Å². The van der Waals surface area contributed by atoms with Gasteiger partial charge in [-0.3, -0.25) is 4.90 Å². The van der Waals surface area contributed by atoms with Crippen LogP contribution in [0.25, 0.3) is 0 Å². The number of rotatable bonds is 4. The summed E-state index contributed by atoms with van der Waals surface area (Å²) in [6.07, 6.45) is -4.03. The zero-order valence-corrected chi connectivity index (χ0v) is 12.5.